The third-order valence-electron chi connectivity index (χ3n) is 7.65. The molecule has 2 saturated heterocycles. The maximum atomic E-state index is 13.3. The van der Waals surface area contributed by atoms with Crippen molar-refractivity contribution in [1.82, 2.24) is 25.0 Å². The Hall–Kier alpha value is -4.58. The average Bonchev–Trinajstić information content (AvgIpc) is 3.01. The number of morpholine rings is 1. The highest BCUT2D eigenvalue weighted by Crippen LogP contribution is 2.24. The molecule has 2 aliphatic rings. The molecule has 2 fully saturated rings. The van der Waals surface area contributed by atoms with E-state index < -0.39 is 5.91 Å². The van der Waals surface area contributed by atoms with Crippen LogP contribution in [0.25, 0.3) is 0 Å². The van der Waals surface area contributed by atoms with Gasteiger partial charge in [-0.15, -0.1) is 10.2 Å². The fourth-order valence-electron chi connectivity index (χ4n) is 5.18. The summed E-state index contributed by atoms with van der Waals surface area (Å²) in [4.78, 5) is 46.2. The number of anilines is 3. The topological polar surface area (TPSA) is 156 Å². The van der Waals surface area contributed by atoms with Gasteiger partial charge in [-0.1, -0.05) is 32.9 Å². The van der Waals surface area contributed by atoms with Crippen molar-refractivity contribution in [3.05, 3.63) is 70.9 Å². The Kier molecular flexibility index (Phi) is 8.86. The number of aromatic nitrogens is 3. The molecule has 5 rings (SSSR count). The van der Waals surface area contributed by atoms with Gasteiger partial charge in [0.2, 0.25) is 5.95 Å². The van der Waals surface area contributed by atoms with E-state index in [0.29, 0.717) is 56.2 Å². The molecule has 12 nitrogen and oxygen atoms in total. The number of nitrogens with one attached hydrogen (secondary N) is 2. The molecule has 0 spiro atoms. The summed E-state index contributed by atoms with van der Waals surface area (Å²) >= 11 is 0. The number of carbonyl (C=O) groups is 3. The minimum Gasteiger partial charge on any atom is -0.378 e. The molecule has 0 aliphatic carbocycles. The van der Waals surface area contributed by atoms with Gasteiger partial charge in [-0.3, -0.25) is 14.4 Å². The smallest absolute Gasteiger partial charge is 0.273 e. The molecular weight excluding hydrogens is 548 g/mol. The van der Waals surface area contributed by atoms with E-state index in [1.54, 1.807) is 29.2 Å². The highest BCUT2D eigenvalue weighted by Gasteiger charge is 2.26. The fourth-order valence-corrected chi connectivity index (χ4v) is 5.18. The van der Waals surface area contributed by atoms with E-state index in [4.69, 9.17) is 10.5 Å². The number of carbonyl (C=O) groups excluding carboxylic acids is 3. The van der Waals surface area contributed by atoms with Crippen LogP contribution in [0.5, 0.6) is 0 Å². The van der Waals surface area contributed by atoms with Gasteiger partial charge in [0.15, 0.2) is 11.5 Å². The van der Waals surface area contributed by atoms with Gasteiger partial charge in [-0.2, -0.15) is 4.98 Å². The van der Waals surface area contributed by atoms with E-state index in [1.807, 2.05) is 29.2 Å². The van der Waals surface area contributed by atoms with Crippen LogP contribution in [-0.4, -0.2) is 88.1 Å². The number of likely N-dealkylation sites (tertiary alicyclic amines) is 1. The monoisotopic (exact) mass is 586 g/mol. The number of benzene rings is 2. The van der Waals surface area contributed by atoms with Crippen LogP contribution in [0.4, 0.5) is 17.5 Å². The number of nitrogens with two attached hydrogens (primary N) is 1. The summed E-state index contributed by atoms with van der Waals surface area (Å²) in [5, 5.41) is 14.4. The molecule has 3 heterocycles. The van der Waals surface area contributed by atoms with Gasteiger partial charge in [-0.05, 0) is 60.2 Å². The Morgan fingerprint density at radius 1 is 0.884 bits per heavy atom. The van der Waals surface area contributed by atoms with Crippen LogP contribution in [-0.2, 0) is 10.2 Å². The van der Waals surface area contributed by atoms with E-state index in [9.17, 15) is 14.4 Å². The minimum atomic E-state index is -0.778. The first-order valence-electron chi connectivity index (χ1n) is 14.5. The Labute approximate surface area is 251 Å². The van der Waals surface area contributed by atoms with Crippen molar-refractivity contribution in [2.24, 2.45) is 5.73 Å². The zero-order chi connectivity index (χ0) is 30.6. The predicted molar refractivity (Wildman–Crippen MR) is 162 cm³/mol. The molecule has 0 radical (unpaired) electrons. The lowest BCUT2D eigenvalue weighted by atomic mass is 9.86. The molecule has 1 atom stereocenters. The molecule has 2 aromatic carbocycles. The second-order valence-electron chi connectivity index (χ2n) is 11.9. The van der Waals surface area contributed by atoms with Crippen molar-refractivity contribution >= 4 is 35.2 Å². The quantitative estimate of drug-likeness (QED) is 0.378. The van der Waals surface area contributed by atoms with Crippen LogP contribution >= 0.6 is 0 Å². The van der Waals surface area contributed by atoms with Gasteiger partial charge in [0.25, 0.3) is 17.7 Å². The summed E-state index contributed by atoms with van der Waals surface area (Å²) in [6, 6.07) is 14.6. The molecule has 226 valence electrons. The SMILES string of the molecule is CC(C)(C)c1ccc(C(=O)N2CCCC(Nc3nnc(C(N)=O)c(Nc4ccc(C(=O)N5CCOCC5)cc4)n3)C2)cc1. The van der Waals surface area contributed by atoms with E-state index >= 15 is 0 Å². The molecule has 3 amide bonds. The van der Waals surface area contributed by atoms with Crippen LogP contribution in [0.2, 0.25) is 0 Å². The van der Waals surface area contributed by atoms with E-state index in [1.165, 1.54) is 5.56 Å². The van der Waals surface area contributed by atoms with E-state index in [-0.39, 0.29) is 40.7 Å². The number of hydrogen-bond acceptors (Lipinski definition) is 9. The normalized spacial score (nSPS) is 17.3. The lowest BCUT2D eigenvalue weighted by Crippen LogP contribution is -2.45. The summed E-state index contributed by atoms with van der Waals surface area (Å²) in [5.74, 6) is -0.516. The van der Waals surface area contributed by atoms with Gasteiger partial charge in [0.1, 0.15) is 0 Å². The first-order valence-corrected chi connectivity index (χ1v) is 14.5. The van der Waals surface area contributed by atoms with E-state index in [0.717, 1.165) is 12.8 Å². The zero-order valence-electron chi connectivity index (χ0n) is 24.8. The molecule has 3 aromatic rings. The molecule has 43 heavy (non-hydrogen) atoms. The maximum Gasteiger partial charge on any atom is 0.273 e. The molecule has 1 unspecified atom stereocenters. The van der Waals surface area contributed by atoms with Gasteiger partial charge in [-0.25, -0.2) is 0 Å². The molecule has 12 heteroatoms. The summed E-state index contributed by atoms with van der Waals surface area (Å²) < 4.78 is 5.32. The summed E-state index contributed by atoms with van der Waals surface area (Å²) in [5.41, 5.74) is 8.42. The van der Waals surface area contributed by atoms with Crippen molar-refractivity contribution in [2.75, 3.05) is 50.0 Å². The Morgan fingerprint density at radius 3 is 2.14 bits per heavy atom. The van der Waals surface area contributed by atoms with Gasteiger partial charge in [0.05, 0.1) is 13.2 Å². The third-order valence-corrected chi connectivity index (χ3v) is 7.65. The van der Waals surface area contributed by atoms with Crippen molar-refractivity contribution in [1.29, 1.82) is 0 Å². The number of nitrogens with zero attached hydrogens (tertiary/aromatic N) is 5. The molecule has 4 N–H and O–H groups in total. The van der Waals surface area contributed by atoms with Crippen LogP contribution in [0.1, 0.15) is 70.4 Å². The van der Waals surface area contributed by atoms with E-state index in [2.05, 4.69) is 46.6 Å². The molecule has 0 saturated carbocycles. The van der Waals surface area contributed by atoms with Gasteiger partial charge >= 0.3 is 0 Å². The summed E-state index contributed by atoms with van der Waals surface area (Å²) in [6.07, 6.45) is 1.63. The highest BCUT2D eigenvalue weighted by molar-refractivity contribution is 5.97. The average molecular weight is 587 g/mol. The standard InChI is InChI=1S/C31H38N8O4/c1-31(2,3)22-10-6-20(7-11-22)29(42)39-14-4-5-24(19-39)34-30-35-27(25(26(32)40)36-37-30)33-23-12-8-21(9-13-23)28(41)38-15-17-43-18-16-38/h6-13,24H,4-5,14-19H2,1-3H3,(H2,32,40)(H2,33,34,35,37). The Balaban J connectivity index is 1.25. The number of amides is 3. The lowest BCUT2D eigenvalue weighted by Gasteiger charge is -2.33. The largest absolute Gasteiger partial charge is 0.378 e. The second kappa shape index (κ2) is 12.7. The maximum absolute atomic E-state index is 13.3. The van der Waals surface area contributed by atoms with Crippen molar-refractivity contribution in [3.8, 4) is 0 Å². The predicted octanol–water partition coefficient (Wildman–Crippen LogP) is 3.20. The van der Waals surface area contributed by atoms with Crippen LogP contribution < -0.4 is 16.4 Å². The van der Waals surface area contributed by atoms with Crippen molar-refractivity contribution < 1.29 is 19.1 Å². The third kappa shape index (κ3) is 7.26. The molecule has 2 aliphatic heterocycles. The second-order valence-corrected chi connectivity index (χ2v) is 11.9. The molecular formula is C31H38N8O4. The first kappa shape index (κ1) is 29.9. The molecule has 0 bridgehead atoms. The minimum absolute atomic E-state index is 0.0130. The van der Waals surface area contributed by atoms with Crippen LogP contribution in [0.15, 0.2) is 48.5 Å². The number of ether oxygens (including phenoxy) is 1. The lowest BCUT2D eigenvalue weighted by molar-refractivity contribution is 0.0303. The first-order chi connectivity index (χ1) is 20.6. The van der Waals surface area contributed by atoms with Crippen LogP contribution in [0, 0.1) is 0 Å². The summed E-state index contributed by atoms with van der Waals surface area (Å²) in [7, 11) is 0. The number of piperidine rings is 1. The molecule has 1 aromatic heterocycles. The zero-order valence-corrected chi connectivity index (χ0v) is 24.8. The number of rotatable bonds is 7. The highest BCUT2D eigenvalue weighted by atomic mass is 16.5. The Morgan fingerprint density at radius 2 is 1.51 bits per heavy atom. The fraction of sp³-hybridized carbons (Fsp3) is 0.419. The Bertz CT molecular complexity index is 1460. The number of primary amides is 1. The van der Waals surface area contributed by atoms with Gasteiger partial charge < -0.3 is 30.9 Å². The van der Waals surface area contributed by atoms with Crippen LogP contribution in [0.3, 0.4) is 0 Å². The summed E-state index contributed by atoms with van der Waals surface area (Å²) in [6.45, 7) is 9.73. The van der Waals surface area contributed by atoms with Crippen molar-refractivity contribution in [2.45, 2.75) is 45.1 Å². The number of hydrogen-bond donors (Lipinski definition) is 3. The van der Waals surface area contributed by atoms with Crippen molar-refractivity contribution in [3.63, 3.8) is 0 Å². The van der Waals surface area contributed by atoms with Gasteiger partial charge in [0, 0.05) is 49.0 Å².